The number of hydrogen-bond acceptors (Lipinski definition) is 4. The molecule has 0 saturated carbocycles. The third-order valence-corrected chi connectivity index (χ3v) is 9.11. The number of pyridine rings is 1. The van der Waals surface area contributed by atoms with Crippen molar-refractivity contribution in [1.29, 1.82) is 0 Å². The van der Waals surface area contributed by atoms with Crippen LogP contribution in [0.15, 0.2) is 54.7 Å². The second-order valence-electron chi connectivity index (χ2n) is 11.8. The number of piperidine rings is 1. The van der Waals surface area contributed by atoms with E-state index in [4.69, 9.17) is 0 Å². The lowest BCUT2D eigenvalue weighted by Gasteiger charge is -2.43. The zero-order valence-corrected chi connectivity index (χ0v) is 24.5. The van der Waals surface area contributed by atoms with Gasteiger partial charge in [0.1, 0.15) is 12.4 Å². The van der Waals surface area contributed by atoms with Crippen LogP contribution in [-0.2, 0) is 32.6 Å². The topological polar surface area (TPSA) is 91.4 Å². The molecular weight excluding hydrogens is 603 g/mol. The summed E-state index contributed by atoms with van der Waals surface area (Å²) >= 11 is 2.30. The van der Waals surface area contributed by atoms with Gasteiger partial charge >= 0.3 is 0 Å². The van der Waals surface area contributed by atoms with Crippen molar-refractivity contribution in [3.63, 3.8) is 0 Å². The lowest BCUT2D eigenvalue weighted by Crippen LogP contribution is -2.50. The van der Waals surface area contributed by atoms with Crippen LogP contribution in [0.5, 0.6) is 0 Å². The molecule has 2 atom stereocenters. The number of likely N-dealkylation sites (tertiary alicyclic amines) is 1. The van der Waals surface area contributed by atoms with Gasteiger partial charge in [0, 0.05) is 26.4 Å². The summed E-state index contributed by atoms with van der Waals surface area (Å²) in [4.78, 5) is 46.0. The number of nitrogens with zero attached hydrogens (tertiary/aromatic N) is 2. The minimum Gasteiger partial charge on any atom is -0.326 e. The molecule has 3 aliphatic rings. The van der Waals surface area contributed by atoms with Crippen LogP contribution in [0.3, 0.4) is 0 Å². The number of nitrogens with one attached hydrogen (secondary N) is 2. The molecule has 1 spiro atoms. The maximum atomic E-state index is 13.5. The highest BCUT2D eigenvalue weighted by Gasteiger charge is 2.51. The Morgan fingerprint density at radius 1 is 1.13 bits per heavy atom. The quantitative estimate of drug-likeness (QED) is 0.381. The van der Waals surface area contributed by atoms with E-state index in [-0.39, 0.29) is 30.3 Å². The van der Waals surface area contributed by atoms with Crippen molar-refractivity contribution in [3.8, 4) is 0 Å². The Morgan fingerprint density at radius 2 is 1.92 bits per heavy atom. The van der Waals surface area contributed by atoms with Crippen LogP contribution in [0.2, 0.25) is 0 Å². The number of carbonyl (C=O) groups is 3. The molecule has 2 N–H and O–H groups in total. The van der Waals surface area contributed by atoms with Gasteiger partial charge in [-0.1, -0.05) is 32.0 Å². The summed E-state index contributed by atoms with van der Waals surface area (Å²) in [6, 6.07) is 15.9. The maximum absolute atomic E-state index is 13.5. The minimum absolute atomic E-state index is 0.000769. The van der Waals surface area contributed by atoms with Crippen LogP contribution < -0.4 is 10.6 Å². The highest BCUT2D eigenvalue weighted by atomic mass is 127. The number of hydrogen-bond donors (Lipinski definition) is 2. The predicted octanol–water partition coefficient (Wildman–Crippen LogP) is 5.31. The molecule has 1 saturated heterocycles. The van der Waals surface area contributed by atoms with E-state index in [1.54, 1.807) is 11.1 Å². The van der Waals surface area contributed by atoms with E-state index < -0.39 is 10.8 Å². The van der Waals surface area contributed by atoms with Crippen molar-refractivity contribution in [2.45, 2.75) is 57.9 Å². The summed E-state index contributed by atoms with van der Waals surface area (Å²) in [6.07, 6.45) is 4.44. The van der Waals surface area contributed by atoms with Crippen LogP contribution in [0.1, 0.15) is 60.5 Å². The van der Waals surface area contributed by atoms with E-state index in [2.05, 4.69) is 63.3 Å². The maximum Gasteiger partial charge on any atom is 0.244 e. The molecule has 200 valence electrons. The van der Waals surface area contributed by atoms with E-state index in [0.29, 0.717) is 24.3 Å². The molecule has 0 radical (unpaired) electrons. The Labute approximate surface area is 241 Å². The number of anilines is 2. The number of fused-ring (bicyclic) bond motifs is 3. The van der Waals surface area contributed by atoms with E-state index in [9.17, 15) is 14.4 Å². The lowest BCUT2D eigenvalue weighted by molar-refractivity contribution is -0.150. The fourth-order valence-corrected chi connectivity index (χ4v) is 7.33. The molecule has 1 aromatic heterocycles. The first kappa shape index (κ1) is 26.0. The Balaban J connectivity index is 1.22. The molecule has 2 aliphatic heterocycles. The second-order valence-corrected chi connectivity index (χ2v) is 13.0. The van der Waals surface area contributed by atoms with Gasteiger partial charge in [0.05, 0.1) is 11.5 Å². The third kappa shape index (κ3) is 4.52. The number of halogens is 1. The Hall–Kier alpha value is -3.27. The van der Waals surface area contributed by atoms with Gasteiger partial charge in [-0.2, -0.15) is 0 Å². The largest absolute Gasteiger partial charge is 0.326 e. The normalized spacial score (nSPS) is 23.0. The number of aromatic nitrogens is 1. The van der Waals surface area contributed by atoms with E-state index in [0.717, 1.165) is 44.2 Å². The Kier molecular flexibility index (Phi) is 6.28. The van der Waals surface area contributed by atoms with Crippen LogP contribution >= 0.6 is 22.6 Å². The standard InChI is InChI=1S/C31H31IN4O3/c1-18-11-20(13-22(32)12-18)25-8-9-30(2,3)29(39)36(25)17-26(37)34-23-7-6-19-15-31(16-21(19)14-23)24-5-4-10-33-27(24)35-28(31)38/h4-7,10-14,25H,8-9,15-17H2,1-3H3,(H,34,37)(H,33,35,38)/t25-,31+/m0/s1. The molecule has 2 aromatic carbocycles. The molecule has 3 aromatic rings. The van der Waals surface area contributed by atoms with Gasteiger partial charge in [0.25, 0.3) is 0 Å². The Morgan fingerprint density at radius 3 is 2.72 bits per heavy atom. The molecule has 6 rings (SSSR count). The van der Waals surface area contributed by atoms with E-state index in [1.165, 1.54) is 0 Å². The molecule has 7 nitrogen and oxygen atoms in total. The van der Waals surface area contributed by atoms with Crippen molar-refractivity contribution in [2.24, 2.45) is 5.41 Å². The predicted molar refractivity (Wildman–Crippen MR) is 158 cm³/mol. The molecule has 1 aliphatic carbocycles. The lowest BCUT2D eigenvalue weighted by atomic mass is 9.78. The molecule has 8 heteroatoms. The zero-order valence-electron chi connectivity index (χ0n) is 22.3. The number of carbonyl (C=O) groups excluding carboxylic acids is 3. The number of benzene rings is 2. The van der Waals surface area contributed by atoms with Gasteiger partial charge < -0.3 is 15.5 Å². The third-order valence-electron chi connectivity index (χ3n) is 8.49. The summed E-state index contributed by atoms with van der Waals surface area (Å²) in [7, 11) is 0. The summed E-state index contributed by atoms with van der Waals surface area (Å²) in [5, 5.41) is 5.96. The number of amides is 3. The summed E-state index contributed by atoms with van der Waals surface area (Å²) in [5.41, 5.74) is 4.80. The molecule has 0 unspecified atom stereocenters. The molecule has 39 heavy (non-hydrogen) atoms. The first-order valence-electron chi connectivity index (χ1n) is 13.3. The average molecular weight is 635 g/mol. The van der Waals surface area contributed by atoms with Crippen molar-refractivity contribution in [2.75, 3.05) is 17.2 Å². The number of rotatable bonds is 4. The highest BCUT2D eigenvalue weighted by Crippen LogP contribution is 2.47. The molecule has 3 heterocycles. The molecule has 1 fully saturated rings. The summed E-state index contributed by atoms with van der Waals surface area (Å²) < 4.78 is 1.12. The smallest absolute Gasteiger partial charge is 0.244 e. The average Bonchev–Trinajstić information content (AvgIpc) is 3.38. The number of aryl methyl sites for hydroxylation is 1. The molecule has 3 amide bonds. The van der Waals surface area contributed by atoms with Crippen LogP contribution in [-0.4, -0.2) is 34.2 Å². The van der Waals surface area contributed by atoms with Crippen molar-refractivity contribution in [3.05, 3.63) is 86.1 Å². The van der Waals surface area contributed by atoms with Crippen LogP contribution in [0, 0.1) is 15.9 Å². The van der Waals surface area contributed by atoms with Gasteiger partial charge in [-0.3, -0.25) is 14.4 Å². The van der Waals surface area contributed by atoms with Gasteiger partial charge in [-0.25, -0.2) is 4.98 Å². The van der Waals surface area contributed by atoms with E-state index >= 15 is 0 Å². The highest BCUT2D eigenvalue weighted by molar-refractivity contribution is 14.1. The first-order chi connectivity index (χ1) is 18.6. The van der Waals surface area contributed by atoms with E-state index in [1.807, 2.05) is 44.2 Å². The van der Waals surface area contributed by atoms with Crippen molar-refractivity contribution >= 4 is 51.8 Å². The van der Waals surface area contributed by atoms with Crippen LogP contribution in [0.4, 0.5) is 11.5 Å². The second kappa shape index (κ2) is 9.43. The zero-order chi connectivity index (χ0) is 27.5. The SMILES string of the molecule is Cc1cc(I)cc([C@@H]2CCC(C)(C)C(=O)N2CC(=O)Nc2ccc3c(c2)C[C@@]2(C3)C(=O)Nc3ncccc32)c1. The monoisotopic (exact) mass is 634 g/mol. The van der Waals surface area contributed by atoms with Gasteiger partial charge in [0.15, 0.2) is 0 Å². The van der Waals surface area contributed by atoms with Gasteiger partial charge in [0.2, 0.25) is 17.7 Å². The van der Waals surface area contributed by atoms with Crippen molar-refractivity contribution < 1.29 is 14.4 Å². The van der Waals surface area contributed by atoms with Gasteiger partial charge in [-0.05, 0) is 108 Å². The van der Waals surface area contributed by atoms with Crippen LogP contribution in [0.25, 0.3) is 0 Å². The molecule has 0 bridgehead atoms. The Bertz CT molecular complexity index is 1510. The summed E-state index contributed by atoms with van der Waals surface area (Å²) in [6.45, 7) is 5.96. The fraction of sp³-hybridized carbons (Fsp3) is 0.355. The fourth-order valence-electron chi connectivity index (χ4n) is 6.48. The first-order valence-corrected chi connectivity index (χ1v) is 14.4. The molecular formula is C31H31IN4O3. The van der Waals surface area contributed by atoms with Crippen molar-refractivity contribution in [1.82, 2.24) is 9.88 Å². The van der Waals surface area contributed by atoms with Gasteiger partial charge in [-0.15, -0.1) is 0 Å². The minimum atomic E-state index is -0.654. The summed E-state index contributed by atoms with van der Waals surface area (Å²) in [5.74, 6) is 0.381.